The Morgan fingerprint density at radius 3 is 3.10 bits per heavy atom. The lowest BCUT2D eigenvalue weighted by Gasteiger charge is -2.14. The van der Waals surface area contributed by atoms with E-state index in [2.05, 4.69) is 32.6 Å². The molecule has 0 spiro atoms. The van der Waals surface area contributed by atoms with E-state index >= 15 is 0 Å². The zero-order chi connectivity index (χ0) is 14.9. The Hall–Kier alpha value is -1.33. The zero-order valence-electron chi connectivity index (χ0n) is 12.0. The summed E-state index contributed by atoms with van der Waals surface area (Å²) < 4.78 is 6.60. The van der Waals surface area contributed by atoms with Crippen molar-refractivity contribution in [3.63, 3.8) is 0 Å². The van der Waals surface area contributed by atoms with E-state index in [4.69, 9.17) is 4.74 Å². The average Bonchev–Trinajstić information content (AvgIpc) is 2.51. The number of benzene rings is 1. The van der Waals surface area contributed by atoms with Crippen molar-refractivity contribution >= 4 is 21.8 Å². The lowest BCUT2D eigenvalue weighted by Crippen LogP contribution is -2.29. The molecule has 0 aromatic heterocycles. The Morgan fingerprint density at radius 1 is 1.43 bits per heavy atom. The molecule has 0 saturated heterocycles. The molecule has 114 valence electrons. The molecular weight excluding hydrogens is 332 g/mol. The van der Waals surface area contributed by atoms with Gasteiger partial charge in [-0.15, -0.1) is 0 Å². The summed E-state index contributed by atoms with van der Waals surface area (Å²) in [6.45, 7) is 3.14. The van der Waals surface area contributed by atoms with Crippen molar-refractivity contribution in [2.75, 3.05) is 26.2 Å². The maximum Gasteiger partial charge on any atom is 0.220 e. The van der Waals surface area contributed by atoms with Crippen LogP contribution in [0.15, 0.2) is 40.4 Å². The predicted octanol–water partition coefficient (Wildman–Crippen LogP) is 2.64. The summed E-state index contributed by atoms with van der Waals surface area (Å²) in [6.07, 6.45) is 4.39. The normalized spacial score (nSPS) is 14.4. The Morgan fingerprint density at radius 2 is 2.33 bits per heavy atom. The number of rotatable bonds is 7. The maximum atomic E-state index is 11.7. The second-order valence-electron chi connectivity index (χ2n) is 5.00. The van der Waals surface area contributed by atoms with Crippen molar-refractivity contribution in [2.45, 2.75) is 19.3 Å². The summed E-state index contributed by atoms with van der Waals surface area (Å²) in [5, 5.41) is 6.22. The first-order valence-electron chi connectivity index (χ1n) is 7.28. The highest BCUT2D eigenvalue weighted by Gasteiger charge is 2.05. The number of hydrogen-bond donors (Lipinski definition) is 2. The molecule has 1 amide bonds. The van der Waals surface area contributed by atoms with E-state index in [1.165, 1.54) is 5.57 Å². The third kappa shape index (κ3) is 6.31. The summed E-state index contributed by atoms with van der Waals surface area (Å²) in [4.78, 5) is 11.7. The SMILES string of the molecule is O=C(CCCOc1cccc(Br)c1)NCC1=CCNCC1. The molecule has 1 aliphatic rings. The van der Waals surface area contributed by atoms with Gasteiger partial charge in [0.15, 0.2) is 0 Å². The van der Waals surface area contributed by atoms with Gasteiger partial charge in [0, 0.05) is 24.0 Å². The van der Waals surface area contributed by atoms with Crippen molar-refractivity contribution in [1.82, 2.24) is 10.6 Å². The first-order valence-corrected chi connectivity index (χ1v) is 8.07. The molecule has 0 fully saturated rings. The van der Waals surface area contributed by atoms with Crippen molar-refractivity contribution < 1.29 is 9.53 Å². The number of nitrogens with one attached hydrogen (secondary N) is 2. The molecule has 21 heavy (non-hydrogen) atoms. The molecule has 0 saturated carbocycles. The average molecular weight is 353 g/mol. The number of ether oxygens (including phenoxy) is 1. The molecule has 0 atom stereocenters. The van der Waals surface area contributed by atoms with Crippen LogP contribution >= 0.6 is 15.9 Å². The predicted molar refractivity (Wildman–Crippen MR) is 87.5 cm³/mol. The standard InChI is InChI=1S/C16H21BrN2O2/c17-14-3-1-4-15(11-14)21-10-2-5-16(20)19-12-13-6-8-18-9-7-13/h1,3-4,6,11,18H,2,5,7-10,12H2,(H,19,20). The quantitative estimate of drug-likeness (QED) is 0.585. The Balaban J connectivity index is 1.57. The molecule has 2 N–H and O–H groups in total. The van der Waals surface area contributed by atoms with E-state index in [0.29, 0.717) is 19.6 Å². The summed E-state index contributed by atoms with van der Waals surface area (Å²) in [6, 6.07) is 7.72. The Bertz CT molecular complexity index is 503. The topological polar surface area (TPSA) is 50.4 Å². The molecule has 0 bridgehead atoms. The van der Waals surface area contributed by atoms with Crippen LogP contribution in [0, 0.1) is 0 Å². The van der Waals surface area contributed by atoms with Crippen molar-refractivity contribution in [1.29, 1.82) is 0 Å². The lowest BCUT2D eigenvalue weighted by molar-refractivity contribution is -0.121. The van der Waals surface area contributed by atoms with Gasteiger partial charge >= 0.3 is 0 Å². The van der Waals surface area contributed by atoms with Crippen LogP contribution in [0.25, 0.3) is 0 Å². The van der Waals surface area contributed by atoms with Crippen molar-refractivity contribution in [2.24, 2.45) is 0 Å². The van der Waals surface area contributed by atoms with E-state index in [0.717, 1.165) is 36.2 Å². The van der Waals surface area contributed by atoms with E-state index in [-0.39, 0.29) is 5.91 Å². The van der Waals surface area contributed by atoms with Crippen LogP contribution in [0.3, 0.4) is 0 Å². The van der Waals surface area contributed by atoms with Crippen molar-refractivity contribution in [3.8, 4) is 5.75 Å². The largest absolute Gasteiger partial charge is 0.494 e. The fraction of sp³-hybridized carbons (Fsp3) is 0.438. The second-order valence-corrected chi connectivity index (χ2v) is 5.92. The highest BCUT2D eigenvalue weighted by molar-refractivity contribution is 9.10. The lowest BCUT2D eigenvalue weighted by atomic mass is 10.1. The fourth-order valence-electron chi connectivity index (χ4n) is 2.11. The molecular formula is C16H21BrN2O2. The number of carbonyl (C=O) groups is 1. The van der Waals surface area contributed by atoms with Gasteiger partial charge in [-0.3, -0.25) is 4.79 Å². The van der Waals surface area contributed by atoms with Gasteiger partial charge in [-0.2, -0.15) is 0 Å². The third-order valence-electron chi connectivity index (χ3n) is 3.28. The number of hydrogen-bond acceptors (Lipinski definition) is 3. The van der Waals surface area contributed by atoms with Crippen LogP contribution in [-0.2, 0) is 4.79 Å². The van der Waals surface area contributed by atoms with Gasteiger partial charge in [0.25, 0.3) is 0 Å². The molecule has 1 heterocycles. The van der Waals surface area contributed by atoms with Gasteiger partial charge in [-0.1, -0.05) is 33.6 Å². The van der Waals surface area contributed by atoms with Crippen LogP contribution in [0.2, 0.25) is 0 Å². The van der Waals surface area contributed by atoms with Gasteiger partial charge < -0.3 is 15.4 Å². The first-order chi connectivity index (χ1) is 10.2. The summed E-state index contributed by atoms with van der Waals surface area (Å²) >= 11 is 3.40. The third-order valence-corrected chi connectivity index (χ3v) is 3.78. The number of amides is 1. The van der Waals surface area contributed by atoms with Crippen molar-refractivity contribution in [3.05, 3.63) is 40.4 Å². The van der Waals surface area contributed by atoms with Crippen LogP contribution in [-0.4, -0.2) is 32.1 Å². The summed E-state index contributed by atoms with van der Waals surface area (Å²) in [5.74, 6) is 0.914. The first kappa shape index (κ1) is 16.0. The summed E-state index contributed by atoms with van der Waals surface area (Å²) in [7, 11) is 0. The Labute approximate surface area is 134 Å². The smallest absolute Gasteiger partial charge is 0.220 e. The molecule has 0 unspecified atom stereocenters. The Kier molecular flexibility index (Phi) is 6.76. The minimum atomic E-state index is 0.0901. The summed E-state index contributed by atoms with van der Waals surface area (Å²) in [5.41, 5.74) is 1.31. The van der Waals surface area contributed by atoms with Gasteiger partial charge in [-0.25, -0.2) is 0 Å². The van der Waals surface area contributed by atoms with Gasteiger partial charge in [0.2, 0.25) is 5.91 Å². The monoisotopic (exact) mass is 352 g/mol. The van der Waals surface area contributed by atoms with E-state index in [9.17, 15) is 4.79 Å². The van der Waals surface area contributed by atoms with Crippen LogP contribution in [0.1, 0.15) is 19.3 Å². The zero-order valence-corrected chi connectivity index (χ0v) is 13.6. The van der Waals surface area contributed by atoms with E-state index in [1.54, 1.807) is 0 Å². The minimum Gasteiger partial charge on any atom is -0.494 e. The highest BCUT2D eigenvalue weighted by atomic mass is 79.9. The number of carbonyl (C=O) groups excluding carboxylic acids is 1. The van der Waals surface area contributed by atoms with Gasteiger partial charge in [0.05, 0.1) is 6.61 Å². The van der Waals surface area contributed by atoms with E-state index in [1.807, 2.05) is 24.3 Å². The second kappa shape index (κ2) is 8.85. The van der Waals surface area contributed by atoms with Gasteiger partial charge in [0.1, 0.15) is 5.75 Å². The fourth-order valence-corrected chi connectivity index (χ4v) is 2.49. The molecule has 2 rings (SSSR count). The molecule has 1 aromatic carbocycles. The minimum absolute atomic E-state index is 0.0901. The molecule has 0 radical (unpaired) electrons. The molecule has 1 aromatic rings. The van der Waals surface area contributed by atoms with Crippen LogP contribution in [0.5, 0.6) is 5.75 Å². The molecule has 5 heteroatoms. The maximum absolute atomic E-state index is 11.7. The molecule has 1 aliphatic heterocycles. The van der Waals surface area contributed by atoms with Gasteiger partial charge in [-0.05, 0) is 37.6 Å². The van der Waals surface area contributed by atoms with Crippen LogP contribution < -0.4 is 15.4 Å². The number of halogens is 1. The highest BCUT2D eigenvalue weighted by Crippen LogP contribution is 2.17. The van der Waals surface area contributed by atoms with E-state index < -0.39 is 0 Å². The van der Waals surface area contributed by atoms with Crippen LogP contribution in [0.4, 0.5) is 0 Å². The molecule has 0 aliphatic carbocycles. The molecule has 4 nitrogen and oxygen atoms in total.